The van der Waals surface area contributed by atoms with E-state index in [9.17, 15) is 4.79 Å². The van der Waals surface area contributed by atoms with Gasteiger partial charge in [0.15, 0.2) is 0 Å². The molecule has 0 heterocycles. The highest BCUT2D eigenvalue weighted by Gasteiger charge is 2.19. The Morgan fingerprint density at radius 3 is 2.56 bits per heavy atom. The number of anilines is 2. The summed E-state index contributed by atoms with van der Waals surface area (Å²) in [6, 6.07) is 22.9. The van der Waals surface area contributed by atoms with Gasteiger partial charge in [0.25, 0.3) is 0 Å². The predicted molar refractivity (Wildman–Crippen MR) is 102 cm³/mol. The molecule has 3 aromatic rings. The average molecular weight is 329 g/mol. The summed E-state index contributed by atoms with van der Waals surface area (Å²) in [5.74, 6) is -0.120. The first kappa shape index (κ1) is 16.5. The molecular formula is C21H19N3O. The van der Waals surface area contributed by atoms with E-state index >= 15 is 0 Å². The summed E-state index contributed by atoms with van der Waals surface area (Å²) in [5, 5.41) is 14.1. The first-order valence-corrected chi connectivity index (χ1v) is 8.11. The van der Waals surface area contributed by atoms with Crippen LogP contribution in [0.15, 0.2) is 66.7 Å². The van der Waals surface area contributed by atoms with Crippen molar-refractivity contribution in [3.05, 3.63) is 72.3 Å². The van der Waals surface area contributed by atoms with Gasteiger partial charge in [-0.1, -0.05) is 36.4 Å². The highest BCUT2D eigenvalue weighted by Crippen LogP contribution is 2.23. The first-order chi connectivity index (χ1) is 12.1. The molecule has 0 radical (unpaired) electrons. The molecule has 4 nitrogen and oxygen atoms in total. The van der Waals surface area contributed by atoms with Crippen molar-refractivity contribution in [2.24, 2.45) is 0 Å². The quantitative estimate of drug-likeness (QED) is 0.781. The molecule has 0 saturated carbocycles. The number of fused-ring (bicyclic) bond motifs is 1. The zero-order valence-electron chi connectivity index (χ0n) is 14.2. The molecule has 3 aromatic carbocycles. The standard InChI is InChI=1S/C21H19N3O/c1-15(21(25)23-19-9-5-6-16(12-19)14-22)24(2)20-11-10-17-7-3-4-8-18(17)13-20/h3-13,15H,1-2H3,(H,23,25)/t15-/m1/s1. The number of hydrogen-bond acceptors (Lipinski definition) is 3. The number of hydrogen-bond donors (Lipinski definition) is 1. The lowest BCUT2D eigenvalue weighted by atomic mass is 10.1. The molecular weight excluding hydrogens is 310 g/mol. The number of likely N-dealkylation sites (N-methyl/N-ethyl adjacent to an activating group) is 1. The summed E-state index contributed by atoms with van der Waals surface area (Å²) in [4.78, 5) is 14.5. The van der Waals surface area contributed by atoms with Crippen LogP contribution in [0.1, 0.15) is 12.5 Å². The maximum Gasteiger partial charge on any atom is 0.246 e. The van der Waals surface area contributed by atoms with Crippen molar-refractivity contribution in [1.29, 1.82) is 5.26 Å². The van der Waals surface area contributed by atoms with Crippen LogP contribution in [-0.2, 0) is 4.79 Å². The summed E-state index contributed by atoms with van der Waals surface area (Å²) in [7, 11) is 1.90. The van der Waals surface area contributed by atoms with Gasteiger partial charge in [-0.2, -0.15) is 5.26 Å². The Kier molecular flexibility index (Phi) is 4.67. The van der Waals surface area contributed by atoms with E-state index in [2.05, 4.69) is 35.7 Å². The second-order valence-corrected chi connectivity index (χ2v) is 6.00. The summed E-state index contributed by atoms with van der Waals surface area (Å²) < 4.78 is 0. The van der Waals surface area contributed by atoms with E-state index in [0.29, 0.717) is 11.3 Å². The van der Waals surface area contributed by atoms with Crippen molar-refractivity contribution >= 4 is 28.1 Å². The van der Waals surface area contributed by atoms with Crippen molar-refractivity contribution in [2.45, 2.75) is 13.0 Å². The fraction of sp³-hybridized carbons (Fsp3) is 0.143. The fourth-order valence-corrected chi connectivity index (χ4v) is 2.71. The van der Waals surface area contributed by atoms with Gasteiger partial charge in [-0.25, -0.2) is 0 Å². The van der Waals surface area contributed by atoms with Gasteiger partial charge in [-0.05, 0) is 48.0 Å². The summed E-state index contributed by atoms with van der Waals surface area (Å²) >= 11 is 0. The molecule has 0 fully saturated rings. The topological polar surface area (TPSA) is 56.1 Å². The molecule has 0 unspecified atom stereocenters. The van der Waals surface area contributed by atoms with Crippen LogP contribution in [-0.4, -0.2) is 19.0 Å². The largest absolute Gasteiger partial charge is 0.363 e. The summed E-state index contributed by atoms with van der Waals surface area (Å²) in [6.45, 7) is 1.86. The third-order valence-corrected chi connectivity index (χ3v) is 4.36. The lowest BCUT2D eigenvalue weighted by Gasteiger charge is -2.26. The summed E-state index contributed by atoms with van der Waals surface area (Å²) in [5.41, 5.74) is 2.13. The molecule has 1 amide bonds. The van der Waals surface area contributed by atoms with Crippen LogP contribution in [0.3, 0.4) is 0 Å². The van der Waals surface area contributed by atoms with Crippen LogP contribution >= 0.6 is 0 Å². The van der Waals surface area contributed by atoms with E-state index in [1.807, 2.05) is 37.1 Å². The number of nitriles is 1. The van der Waals surface area contributed by atoms with Gasteiger partial charge in [0.2, 0.25) is 5.91 Å². The highest BCUT2D eigenvalue weighted by molar-refractivity contribution is 5.97. The third-order valence-electron chi connectivity index (χ3n) is 4.36. The molecule has 4 heteroatoms. The Bertz CT molecular complexity index is 959. The van der Waals surface area contributed by atoms with Crippen LogP contribution in [0.2, 0.25) is 0 Å². The van der Waals surface area contributed by atoms with Gasteiger partial charge in [0, 0.05) is 18.4 Å². The number of carbonyl (C=O) groups is 1. The minimum Gasteiger partial charge on any atom is -0.363 e. The SMILES string of the molecule is C[C@H](C(=O)Nc1cccc(C#N)c1)N(C)c1ccc2ccccc2c1. The van der Waals surface area contributed by atoms with Crippen molar-refractivity contribution < 1.29 is 4.79 Å². The van der Waals surface area contributed by atoms with Gasteiger partial charge in [0.1, 0.15) is 6.04 Å². The van der Waals surface area contributed by atoms with Gasteiger partial charge < -0.3 is 10.2 Å². The van der Waals surface area contributed by atoms with E-state index in [1.54, 1.807) is 24.3 Å². The molecule has 0 aromatic heterocycles. The van der Waals surface area contributed by atoms with Crippen molar-refractivity contribution in [1.82, 2.24) is 0 Å². The molecule has 0 saturated heterocycles. The number of rotatable bonds is 4. The van der Waals surface area contributed by atoms with Gasteiger partial charge in [-0.3, -0.25) is 4.79 Å². The molecule has 3 rings (SSSR count). The van der Waals surface area contributed by atoms with E-state index in [-0.39, 0.29) is 11.9 Å². The lowest BCUT2D eigenvalue weighted by molar-refractivity contribution is -0.117. The Hall–Kier alpha value is -3.32. The number of amides is 1. The minimum absolute atomic E-state index is 0.120. The number of nitrogens with zero attached hydrogens (tertiary/aromatic N) is 2. The molecule has 0 spiro atoms. The molecule has 0 bridgehead atoms. The van der Waals surface area contributed by atoms with Crippen molar-refractivity contribution in [2.75, 3.05) is 17.3 Å². The molecule has 1 atom stereocenters. The van der Waals surface area contributed by atoms with Crippen molar-refractivity contribution in [3.63, 3.8) is 0 Å². The maximum absolute atomic E-state index is 12.6. The van der Waals surface area contributed by atoms with E-state index in [0.717, 1.165) is 11.1 Å². The van der Waals surface area contributed by atoms with Crippen LogP contribution < -0.4 is 10.2 Å². The number of carbonyl (C=O) groups excluding carboxylic acids is 1. The predicted octanol–water partition coefficient (Wildman–Crippen LogP) is 4.17. The zero-order valence-corrected chi connectivity index (χ0v) is 14.2. The van der Waals surface area contributed by atoms with E-state index in [4.69, 9.17) is 5.26 Å². The van der Waals surface area contributed by atoms with Crippen LogP contribution in [0, 0.1) is 11.3 Å². The number of benzene rings is 3. The first-order valence-electron chi connectivity index (χ1n) is 8.11. The Morgan fingerprint density at radius 2 is 1.80 bits per heavy atom. The molecule has 0 aliphatic carbocycles. The van der Waals surface area contributed by atoms with Gasteiger partial charge in [0.05, 0.1) is 11.6 Å². The Balaban J connectivity index is 1.77. The molecule has 0 aliphatic heterocycles. The maximum atomic E-state index is 12.6. The minimum atomic E-state index is -0.355. The Morgan fingerprint density at radius 1 is 1.04 bits per heavy atom. The van der Waals surface area contributed by atoms with Crippen LogP contribution in [0.25, 0.3) is 10.8 Å². The molecule has 0 aliphatic rings. The van der Waals surface area contributed by atoms with Gasteiger partial charge >= 0.3 is 0 Å². The smallest absolute Gasteiger partial charge is 0.246 e. The molecule has 1 N–H and O–H groups in total. The highest BCUT2D eigenvalue weighted by atomic mass is 16.2. The Labute approximate surface area is 147 Å². The average Bonchev–Trinajstić information content (AvgIpc) is 2.66. The zero-order chi connectivity index (χ0) is 17.8. The monoisotopic (exact) mass is 329 g/mol. The summed E-state index contributed by atoms with van der Waals surface area (Å²) in [6.07, 6.45) is 0. The lowest BCUT2D eigenvalue weighted by Crippen LogP contribution is -2.39. The van der Waals surface area contributed by atoms with E-state index in [1.165, 1.54) is 5.39 Å². The van der Waals surface area contributed by atoms with Crippen LogP contribution in [0.5, 0.6) is 0 Å². The molecule has 25 heavy (non-hydrogen) atoms. The van der Waals surface area contributed by atoms with Crippen molar-refractivity contribution in [3.8, 4) is 6.07 Å². The second-order valence-electron chi connectivity index (χ2n) is 6.00. The number of nitrogens with one attached hydrogen (secondary N) is 1. The fourth-order valence-electron chi connectivity index (χ4n) is 2.71. The van der Waals surface area contributed by atoms with Crippen LogP contribution in [0.4, 0.5) is 11.4 Å². The molecule has 124 valence electrons. The van der Waals surface area contributed by atoms with E-state index < -0.39 is 0 Å². The normalized spacial score (nSPS) is 11.6. The second kappa shape index (κ2) is 7.06. The third kappa shape index (κ3) is 3.61. The van der Waals surface area contributed by atoms with Gasteiger partial charge in [-0.15, -0.1) is 0 Å².